The van der Waals surface area contributed by atoms with E-state index in [1.54, 1.807) is 62.9 Å². The molecule has 5 unspecified atom stereocenters. The molecule has 0 radical (unpaired) electrons. The summed E-state index contributed by atoms with van der Waals surface area (Å²) in [4.78, 5) is 19.1. The fraction of sp³-hybridized carbons (Fsp3) is 0.375. The zero-order valence-electron chi connectivity index (χ0n) is 76.8. The van der Waals surface area contributed by atoms with Crippen molar-refractivity contribution in [3.63, 3.8) is 0 Å². The molecule has 10 heterocycles. The van der Waals surface area contributed by atoms with E-state index in [4.69, 9.17) is 23.2 Å². The summed E-state index contributed by atoms with van der Waals surface area (Å²) in [5, 5.41) is 1.62. The summed E-state index contributed by atoms with van der Waals surface area (Å²) in [5.74, 6) is -0.104. The van der Waals surface area contributed by atoms with Gasteiger partial charge in [0.15, 0.2) is 0 Å². The number of thioether (sulfide) groups is 5. The van der Waals surface area contributed by atoms with E-state index < -0.39 is 0 Å². The Hall–Kier alpha value is -7.04. The minimum Gasteiger partial charge on any atom is -0.306 e. The van der Waals surface area contributed by atoms with Gasteiger partial charge in [-0.3, -0.25) is 0 Å². The first-order chi connectivity index (χ1) is 59.9. The number of benzene rings is 10. The van der Waals surface area contributed by atoms with Crippen molar-refractivity contribution >= 4 is 110 Å². The smallest absolute Gasteiger partial charge is 0.128 e. The number of piperidine rings is 5. The van der Waals surface area contributed by atoms with Crippen LogP contribution in [0.15, 0.2) is 265 Å². The van der Waals surface area contributed by atoms with Gasteiger partial charge in [-0.25, -0.2) is 4.39 Å². The summed E-state index contributed by atoms with van der Waals surface area (Å²) >= 11 is 22.4. The average molecular weight is 1790 g/mol. The van der Waals surface area contributed by atoms with Crippen molar-refractivity contribution in [3.05, 3.63) is 351 Å². The van der Waals surface area contributed by atoms with Crippen LogP contribution >= 0.6 is 82.0 Å². The van der Waals surface area contributed by atoms with E-state index in [1.165, 1.54) is 195 Å². The number of nitrogens with zero attached hydrogens (tertiary/aromatic N) is 5. The lowest BCUT2D eigenvalue weighted by Gasteiger charge is -2.32. The second-order valence-corrected chi connectivity index (χ2v) is 46.0. The topological polar surface area (TPSA) is 16.2 Å². The summed E-state index contributed by atoms with van der Waals surface area (Å²) in [6, 6.07) is 76.8. The summed E-state index contributed by atoms with van der Waals surface area (Å²) in [7, 11) is 11.1. The van der Waals surface area contributed by atoms with Gasteiger partial charge in [-0.2, -0.15) is 0 Å². The van der Waals surface area contributed by atoms with Crippen LogP contribution in [0.4, 0.5) is 4.39 Å². The van der Waals surface area contributed by atoms with Crippen molar-refractivity contribution in [2.75, 3.05) is 101 Å². The molecule has 0 amide bonds. The van der Waals surface area contributed by atoms with Gasteiger partial charge in [-0.1, -0.05) is 242 Å². The number of aryl methyl sites for hydroxylation is 7. The number of fused-ring (bicyclic) bond motifs is 5. The summed E-state index contributed by atoms with van der Waals surface area (Å²) in [5.41, 5.74) is 38.5. The maximum atomic E-state index is 14.7. The predicted molar refractivity (Wildman–Crippen MR) is 542 cm³/mol. The number of hydrogen-bond donors (Lipinski definition) is 0. The van der Waals surface area contributed by atoms with Crippen LogP contribution in [0.1, 0.15) is 193 Å². The van der Waals surface area contributed by atoms with Gasteiger partial charge in [0, 0.05) is 106 Å². The molecule has 5 fully saturated rings. The molecule has 10 aliphatic rings. The third-order valence-corrected chi connectivity index (χ3v) is 35.6. The molecule has 650 valence electrons. The van der Waals surface area contributed by atoms with Crippen LogP contribution in [0.5, 0.6) is 0 Å². The first-order valence-corrected chi connectivity index (χ1v) is 50.2. The van der Waals surface area contributed by atoms with Crippen LogP contribution in [0.3, 0.4) is 0 Å². The lowest BCUT2D eigenvalue weighted by Crippen LogP contribution is -2.28. The molecule has 0 saturated carbocycles. The van der Waals surface area contributed by atoms with Gasteiger partial charge in [0.2, 0.25) is 0 Å². The van der Waals surface area contributed by atoms with Gasteiger partial charge >= 0.3 is 0 Å². The van der Waals surface area contributed by atoms with Crippen molar-refractivity contribution in [2.24, 2.45) is 0 Å². The summed E-state index contributed by atoms with van der Waals surface area (Å²) < 4.78 is 14.3. The number of hydrogen-bond acceptors (Lipinski definition) is 10. The number of halogens is 3. The molecule has 0 spiro atoms. The van der Waals surface area contributed by atoms with Gasteiger partial charge < -0.3 is 24.5 Å². The van der Waals surface area contributed by atoms with Crippen LogP contribution in [-0.2, 0) is 23.7 Å². The third kappa shape index (κ3) is 19.2. The standard InChI is InChI=1S/2C23H27NS.2C22H24ClNS.C22H24FNS/c1-16-5-8-19(9-6-16)23(3)22(18-11-13-24(4)14-12-18)20-15-17(2)7-10-21(20)25-23;1-16-6-5-7-19(14-16)23(3)22(18-10-12-24(4)13-11-18)20-15-17(2)8-9-21(20)25-23;1-15-4-9-20-19(14-15)21(16-10-12-24(3)13-11-16)22(2,25-20)17-5-7-18(23)8-6-17;1-15-7-8-20-19(13-15)21(16-9-11-24(3)12-10-16)22(2,25-20)17-5-4-6-18(23)14-17;1-15-8-9-20-17(14-15)21(16-10-12-24(3)13-11-16)22(2,25-20)18-6-4-5-7-19(18)23/h5-10,15H,11-14H2,1-4H3;5-9,14-15H,10-13H2,1-4H3;4-9,14H,10-13H2,1-3H3;4-8,13-14H,9-12H2,1-3H3;4-9,14H,10-13H2,1-3H3. The van der Waals surface area contributed by atoms with Gasteiger partial charge in [0.25, 0.3) is 0 Å². The molecule has 5 nitrogen and oxygen atoms in total. The van der Waals surface area contributed by atoms with Gasteiger partial charge in [0.05, 0.1) is 23.7 Å². The summed E-state index contributed by atoms with van der Waals surface area (Å²) in [6.07, 6.45) is 11.6. The highest BCUT2D eigenvalue weighted by Gasteiger charge is 2.49. The molecule has 125 heavy (non-hydrogen) atoms. The predicted octanol–water partition coefficient (Wildman–Crippen LogP) is 29.5. The molecule has 10 aromatic carbocycles. The van der Waals surface area contributed by atoms with Crippen LogP contribution < -0.4 is 0 Å². The lowest BCUT2D eigenvalue weighted by molar-refractivity contribution is 0.312. The van der Waals surface area contributed by atoms with Gasteiger partial charge in [-0.05, 0) is 321 Å². The lowest BCUT2D eigenvalue weighted by atomic mass is 9.81. The van der Waals surface area contributed by atoms with E-state index in [0.29, 0.717) is 0 Å². The number of likely N-dealkylation sites (tertiary alicyclic amines) is 5. The molecule has 0 N–H and O–H groups in total. The second-order valence-electron chi connectivity index (χ2n) is 37.8. The molecule has 5 atom stereocenters. The van der Waals surface area contributed by atoms with E-state index in [1.807, 2.05) is 77.4 Å². The van der Waals surface area contributed by atoms with Crippen molar-refractivity contribution in [1.29, 1.82) is 0 Å². The SMILES string of the molecule is Cc1ccc(C2(C)Sc3ccc(C)cc3C2=C2CCN(C)CC2)cc1.Cc1ccc2c(c1)C(=C1CCN(C)CC1)C(C)(c1ccc(Cl)cc1)S2.Cc1ccc2c(c1)C(=C1CCN(C)CC1)C(C)(c1cccc(Cl)c1)S2.Cc1ccc2c(c1)C(=C1CCN(C)CC1)C(C)(c1ccccc1F)S2.Cc1cccc(C2(C)Sc3ccc(C)cc3C2=C2CCN(C)CC2)c1. The zero-order chi connectivity index (χ0) is 88.0. The van der Waals surface area contributed by atoms with Gasteiger partial charge in [0.1, 0.15) is 5.82 Å². The second kappa shape index (κ2) is 38.2. The largest absolute Gasteiger partial charge is 0.306 e. The highest BCUT2D eigenvalue weighted by Crippen LogP contribution is 2.66. The van der Waals surface area contributed by atoms with Crippen molar-refractivity contribution in [2.45, 2.75) is 196 Å². The normalized spacial score (nSPS) is 23.8. The molecule has 10 aromatic rings. The molecule has 0 aromatic heterocycles. The zero-order valence-corrected chi connectivity index (χ0v) is 82.4. The highest BCUT2D eigenvalue weighted by atomic mass is 35.5. The first kappa shape index (κ1) is 91.3. The minimum absolute atomic E-state index is 0.0212. The van der Waals surface area contributed by atoms with Crippen LogP contribution in [0.2, 0.25) is 10.0 Å². The maximum absolute atomic E-state index is 14.7. The Morgan fingerprint density at radius 1 is 0.248 bits per heavy atom. The fourth-order valence-electron chi connectivity index (χ4n) is 20.8. The first-order valence-electron chi connectivity index (χ1n) is 45.3. The van der Waals surface area contributed by atoms with Crippen molar-refractivity contribution < 1.29 is 4.39 Å². The molecule has 0 bridgehead atoms. The minimum atomic E-state index is -0.354. The molecule has 13 heteroatoms. The Morgan fingerprint density at radius 3 is 0.808 bits per heavy atom. The quantitative estimate of drug-likeness (QED) is 0.165. The Kier molecular flexibility index (Phi) is 27.9. The Morgan fingerprint density at radius 2 is 0.504 bits per heavy atom. The fourth-order valence-corrected chi connectivity index (χ4v) is 28.4. The van der Waals surface area contributed by atoms with E-state index in [-0.39, 0.29) is 29.6 Å². The summed E-state index contributed by atoms with van der Waals surface area (Å²) in [6.45, 7) is 38.6. The van der Waals surface area contributed by atoms with E-state index in [9.17, 15) is 4.39 Å². The van der Waals surface area contributed by atoms with Crippen LogP contribution in [0, 0.1) is 54.3 Å². The molecular weight excluding hydrogens is 1670 g/mol. The Labute approximate surface area is 779 Å². The molecule has 20 rings (SSSR count). The van der Waals surface area contributed by atoms with E-state index >= 15 is 0 Å². The third-order valence-electron chi connectivity index (χ3n) is 28.0. The molecule has 10 aliphatic heterocycles. The number of rotatable bonds is 5. The Balaban J connectivity index is 0.000000115. The molecule has 5 saturated heterocycles. The Bertz CT molecular complexity index is 5570. The van der Waals surface area contributed by atoms with Crippen LogP contribution in [-0.4, -0.2) is 125 Å². The van der Waals surface area contributed by atoms with Crippen molar-refractivity contribution in [3.8, 4) is 0 Å². The van der Waals surface area contributed by atoms with Gasteiger partial charge in [-0.15, -0.1) is 58.8 Å². The molecular formula is C112H126Cl2FN5S5. The van der Waals surface area contributed by atoms with Crippen molar-refractivity contribution in [1.82, 2.24) is 24.5 Å². The van der Waals surface area contributed by atoms with Crippen LogP contribution in [0.25, 0.3) is 27.9 Å². The molecule has 0 aliphatic carbocycles. The highest BCUT2D eigenvalue weighted by molar-refractivity contribution is 8.02. The van der Waals surface area contributed by atoms with E-state index in [2.05, 4.69) is 313 Å². The average Bonchev–Trinajstić information content (AvgIpc) is 1.65. The van der Waals surface area contributed by atoms with E-state index in [0.717, 1.165) is 80.6 Å². The maximum Gasteiger partial charge on any atom is 0.128 e. The monoisotopic (exact) mass is 1790 g/mol.